The molecule has 1 aliphatic rings. The number of carbonyl (C=O) groups excluding carboxylic acids is 1. The SMILES string of the molecule is Cc1n[nH]c(C)c1CCC(=O)NC[C@@H]1COc2ccccc2C1. The van der Waals surface area contributed by atoms with E-state index < -0.39 is 0 Å². The third-order valence-corrected chi connectivity index (χ3v) is 4.43. The molecule has 2 aromatic rings. The largest absolute Gasteiger partial charge is 0.493 e. The zero-order valence-corrected chi connectivity index (χ0v) is 13.7. The van der Waals surface area contributed by atoms with Crippen molar-refractivity contribution in [1.29, 1.82) is 0 Å². The van der Waals surface area contributed by atoms with Crippen LogP contribution in [0.15, 0.2) is 24.3 Å². The van der Waals surface area contributed by atoms with Gasteiger partial charge in [0.05, 0.1) is 12.3 Å². The Balaban J connectivity index is 1.45. The highest BCUT2D eigenvalue weighted by Crippen LogP contribution is 2.26. The van der Waals surface area contributed by atoms with E-state index in [-0.39, 0.29) is 5.91 Å². The van der Waals surface area contributed by atoms with E-state index in [0.717, 1.165) is 35.5 Å². The van der Waals surface area contributed by atoms with Crippen LogP contribution in [0.25, 0.3) is 0 Å². The Kier molecular flexibility index (Phi) is 4.65. The molecule has 0 unspecified atom stereocenters. The monoisotopic (exact) mass is 313 g/mol. The van der Waals surface area contributed by atoms with Gasteiger partial charge in [0.15, 0.2) is 0 Å². The van der Waals surface area contributed by atoms with Crippen LogP contribution in [-0.2, 0) is 17.6 Å². The minimum atomic E-state index is 0.0869. The zero-order chi connectivity index (χ0) is 16.2. The van der Waals surface area contributed by atoms with Gasteiger partial charge in [-0.3, -0.25) is 9.89 Å². The average Bonchev–Trinajstić information content (AvgIpc) is 2.89. The Morgan fingerprint density at radius 2 is 2.22 bits per heavy atom. The van der Waals surface area contributed by atoms with E-state index in [1.54, 1.807) is 0 Å². The summed E-state index contributed by atoms with van der Waals surface area (Å²) in [5, 5.41) is 10.2. The number of aromatic amines is 1. The second kappa shape index (κ2) is 6.86. The molecule has 0 bridgehead atoms. The molecule has 5 nitrogen and oxygen atoms in total. The maximum absolute atomic E-state index is 12.1. The number of benzene rings is 1. The number of amides is 1. The second-order valence-electron chi connectivity index (χ2n) is 6.21. The average molecular weight is 313 g/mol. The fourth-order valence-corrected chi connectivity index (χ4v) is 3.05. The van der Waals surface area contributed by atoms with Crippen molar-refractivity contribution in [2.75, 3.05) is 13.2 Å². The number of carbonyl (C=O) groups is 1. The van der Waals surface area contributed by atoms with Crippen LogP contribution in [-0.4, -0.2) is 29.3 Å². The molecule has 1 aliphatic heterocycles. The van der Waals surface area contributed by atoms with E-state index in [4.69, 9.17) is 4.74 Å². The fraction of sp³-hybridized carbons (Fsp3) is 0.444. The lowest BCUT2D eigenvalue weighted by atomic mass is 9.96. The van der Waals surface area contributed by atoms with Crippen molar-refractivity contribution in [1.82, 2.24) is 15.5 Å². The van der Waals surface area contributed by atoms with Crippen LogP contribution in [0.2, 0.25) is 0 Å². The number of hydrogen-bond donors (Lipinski definition) is 2. The molecular weight excluding hydrogens is 290 g/mol. The van der Waals surface area contributed by atoms with Gasteiger partial charge in [0.25, 0.3) is 0 Å². The summed E-state index contributed by atoms with van der Waals surface area (Å²) in [7, 11) is 0. The second-order valence-corrected chi connectivity index (χ2v) is 6.21. The van der Waals surface area contributed by atoms with Gasteiger partial charge in [-0.15, -0.1) is 0 Å². The van der Waals surface area contributed by atoms with E-state index in [2.05, 4.69) is 21.6 Å². The highest BCUT2D eigenvalue weighted by Gasteiger charge is 2.20. The molecule has 0 spiro atoms. The lowest BCUT2D eigenvalue weighted by Crippen LogP contribution is -2.34. The summed E-state index contributed by atoms with van der Waals surface area (Å²) in [4.78, 5) is 12.1. The lowest BCUT2D eigenvalue weighted by molar-refractivity contribution is -0.121. The summed E-state index contributed by atoms with van der Waals surface area (Å²) in [6.45, 7) is 5.28. The van der Waals surface area contributed by atoms with E-state index >= 15 is 0 Å². The molecule has 0 saturated heterocycles. The third kappa shape index (κ3) is 3.73. The van der Waals surface area contributed by atoms with Crippen LogP contribution in [0.3, 0.4) is 0 Å². The van der Waals surface area contributed by atoms with Crippen molar-refractivity contribution >= 4 is 5.91 Å². The number of nitrogens with zero attached hydrogens (tertiary/aromatic N) is 1. The predicted octanol–water partition coefficient (Wildman–Crippen LogP) is 2.33. The number of nitrogens with one attached hydrogen (secondary N) is 2. The minimum Gasteiger partial charge on any atom is -0.493 e. The number of fused-ring (bicyclic) bond motifs is 1. The number of ether oxygens (including phenoxy) is 1. The van der Waals surface area contributed by atoms with Crippen molar-refractivity contribution in [3.63, 3.8) is 0 Å². The predicted molar refractivity (Wildman–Crippen MR) is 88.5 cm³/mol. The Hall–Kier alpha value is -2.30. The number of H-pyrrole nitrogens is 1. The van der Waals surface area contributed by atoms with Gasteiger partial charge in [0.1, 0.15) is 5.75 Å². The summed E-state index contributed by atoms with van der Waals surface area (Å²) in [5.41, 5.74) is 4.40. The van der Waals surface area contributed by atoms with Gasteiger partial charge < -0.3 is 10.1 Å². The zero-order valence-electron chi connectivity index (χ0n) is 13.7. The van der Waals surface area contributed by atoms with E-state index in [1.165, 1.54) is 5.56 Å². The molecule has 0 fully saturated rings. The van der Waals surface area contributed by atoms with Gasteiger partial charge in [0, 0.05) is 24.6 Å². The highest BCUT2D eigenvalue weighted by atomic mass is 16.5. The molecule has 122 valence electrons. The topological polar surface area (TPSA) is 67.0 Å². The summed E-state index contributed by atoms with van der Waals surface area (Å²) >= 11 is 0. The first kappa shape index (κ1) is 15.6. The number of rotatable bonds is 5. The van der Waals surface area contributed by atoms with Crippen LogP contribution in [0.1, 0.15) is 28.9 Å². The van der Waals surface area contributed by atoms with Crippen LogP contribution >= 0.6 is 0 Å². The molecule has 5 heteroatoms. The highest BCUT2D eigenvalue weighted by molar-refractivity contribution is 5.76. The van der Waals surface area contributed by atoms with Crippen LogP contribution in [0.4, 0.5) is 0 Å². The molecule has 1 aromatic heterocycles. The van der Waals surface area contributed by atoms with Crippen molar-refractivity contribution in [2.24, 2.45) is 5.92 Å². The maximum atomic E-state index is 12.1. The number of aryl methyl sites for hydroxylation is 2. The normalized spacial score (nSPS) is 16.5. The van der Waals surface area contributed by atoms with E-state index in [0.29, 0.717) is 25.5 Å². The molecule has 0 aliphatic carbocycles. The molecule has 3 rings (SSSR count). The number of hydrogen-bond acceptors (Lipinski definition) is 3. The van der Waals surface area contributed by atoms with Crippen molar-refractivity contribution in [3.05, 3.63) is 46.8 Å². The lowest BCUT2D eigenvalue weighted by Gasteiger charge is -2.25. The van der Waals surface area contributed by atoms with Crippen molar-refractivity contribution < 1.29 is 9.53 Å². The first-order valence-corrected chi connectivity index (χ1v) is 8.11. The van der Waals surface area contributed by atoms with Crippen LogP contribution < -0.4 is 10.1 Å². The first-order chi connectivity index (χ1) is 11.1. The Morgan fingerprint density at radius 3 is 3.00 bits per heavy atom. The van der Waals surface area contributed by atoms with Crippen molar-refractivity contribution in [3.8, 4) is 5.75 Å². The molecule has 0 radical (unpaired) electrons. The molecule has 1 atom stereocenters. The first-order valence-electron chi connectivity index (χ1n) is 8.11. The summed E-state index contributed by atoms with van der Waals surface area (Å²) in [6, 6.07) is 8.10. The molecule has 1 amide bonds. The van der Waals surface area contributed by atoms with Gasteiger partial charge >= 0.3 is 0 Å². The van der Waals surface area contributed by atoms with E-state index in [9.17, 15) is 4.79 Å². The maximum Gasteiger partial charge on any atom is 0.220 e. The Labute approximate surface area is 136 Å². The van der Waals surface area contributed by atoms with Crippen LogP contribution in [0, 0.1) is 19.8 Å². The van der Waals surface area contributed by atoms with Crippen molar-refractivity contribution in [2.45, 2.75) is 33.1 Å². The Bertz CT molecular complexity index is 674. The standard InChI is InChI=1S/C18H23N3O2/c1-12-16(13(2)21-20-12)7-8-18(22)19-10-14-9-15-5-3-4-6-17(15)23-11-14/h3-6,14H,7-11H2,1-2H3,(H,19,22)(H,20,21)/t14-/m1/s1. The molecule has 0 saturated carbocycles. The molecule has 2 heterocycles. The van der Waals surface area contributed by atoms with Gasteiger partial charge in [-0.1, -0.05) is 18.2 Å². The van der Waals surface area contributed by atoms with Gasteiger partial charge in [-0.25, -0.2) is 0 Å². The van der Waals surface area contributed by atoms with E-state index in [1.807, 2.05) is 32.0 Å². The minimum absolute atomic E-state index is 0.0869. The molecule has 23 heavy (non-hydrogen) atoms. The summed E-state index contributed by atoms with van der Waals surface area (Å²) in [6.07, 6.45) is 2.17. The number of aromatic nitrogens is 2. The van der Waals surface area contributed by atoms with Crippen LogP contribution in [0.5, 0.6) is 5.75 Å². The fourth-order valence-electron chi connectivity index (χ4n) is 3.05. The third-order valence-electron chi connectivity index (χ3n) is 4.43. The molecular formula is C18H23N3O2. The molecule has 1 aromatic carbocycles. The smallest absolute Gasteiger partial charge is 0.220 e. The summed E-state index contributed by atoms with van der Waals surface area (Å²) in [5.74, 6) is 1.40. The quantitative estimate of drug-likeness (QED) is 0.890. The molecule has 2 N–H and O–H groups in total. The Morgan fingerprint density at radius 1 is 1.39 bits per heavy atom. The van der Waals surface area contributed by atoms with Gasteiger partial charge in [-0.05, 0) is 43.9 Å². The van der Waals surface area contributed by atoms with Gasteiger partial charge in [0.2, 0.25) is 5.91 Å². The summed E-state index contributed by atoms with van der Waals surface area (Å²) < 4.78 is 5.75. The van der Waals surface area contributed by atoms with Gasteiger partial charge in [-0.2, -0.15) is 5.10 Å². The number of para-hydroxylation sites is 1.